The second-order valence-corrected chi connectivity index (χ2v) is 8.00. The number of aromatic amines is 1. The van der Waals surface area contributed by atoms with Crippen LogP contribution >= 0.6 is 0 Å². The summed E-state index contributed by atoms with van der Waals surface area (Å²) in [6.45, 7) is 5.96. The van der Waals surface area contributed by atoms with Crippen LogP contribution in [-0.2, 0) is 16.6 Å². The molecule has 0 aliphatic carbocycles. The molecule has 0 saturated heterocycles. The molecule has 0 aliphatic heterocycles. The minimum Gasteiger partial charge on any atom is -0.359 e. The van der Waals surface area contributed by atoms with Crippen molar-refractivity contribution in [3.63, 3.8) is 0 Å². The van der Waals surface area contributed by atoms with Crippen molar-refractivity contribution >= 4 is 22.8 Å². The van der Waals surface area contributed by atoms with Crippen molar-refractivity contribution in [2.45, 2.75) is 32.6 Å². The third kappa shape index (κ3) is 4.03. The first-order valence-corrected chi connectivity index (χ1v) is 9.28. The van der Waals surface area contributed by atoms with Crippen molar-refractivity contribution in [2.75, 3.05) is 5.32 Å². The Labute approximate surface area is 167 Å². The van der Waals surface area contributed by atoms with Crippen LogP contribution in [0, 0.1) is 5.82 Å². The summed E-state index contributed by atoms with van der Waals surface area (Å²) in [6.07, 6.45) is 3.40. The lowest BCUT2D eigenvalue weighted by Gasteiger charge is -2.12. The first-order valence-electron chi connectivity index (χ1n) is 9.28. The standard InChI is InChI=1S/C22H21FN4O2/c1-22(2,3)18-11-19(27-29-18)26-20(28)10-14-5-4-13(9-17(14)23)16-8-15-6-7-24-21(15)25-12-16/h4-9,11-12H,10H2,1-3H3,(H,24,25)(H,26,27,28). The molecule has 0 unspecified atom stereocenters. The highest BCUT2D eigenvalue weighted by molar-refractivity contribution is 5.91. The van der Waals surface area contributed by atoms with Gasteiger partial charge in [0.05, 0.1) is 6.42 Å². The Hall–Kier alpha value is -3.48. The molecule has 0 bridgehead atoms. The maximum Gasteiger partial charge on any atom is 0.230 e. The van der Waals surface area contributed by atoms with Crippen molar-refractivity contribution in [1.29, 1.82) is 0 Å². The number of fused-ring (bicyclic) bond motifs is 1. The molecule has 4 aromatic rings. The summed E-state index contributed by atoms with van der Waals surface area (Å²) in [6, 6.07) is 10.4. The zero-order valence-electron chi connectivity index (χ0n) is 16.4. The van der Waals surface area contributed by atoms with E-state index in [1.54, 1.807) is 24.4 Å². The number of carbonyl (C=O) groups is 1. The Kier molecular flexibility index (Phi) is 4.66. The van der Waals surface area contributed by atoms with E-state index in [4.69, 9.17) is 4.52 Å². The van der Waals surface area contributed by atoms with Gasteiger partial charge in [0.15, 0.2) is 5.82 Å². The lowest BCUT2D eigenvalue weighted by Crippen LogP contribution is -2.15. The Bertz CT molecular complexity index is 1190. The van der Waals surface area contributed by atoms with Crippen molar-refractivity contribution in [1.82, 2.24) is 15.1 Å². The van der Waals surface area contributed by atoms with Gasteiger partial charge in [-0.2, -0.15) is 0 Å². The Morgan fingerprint density at radius 3 is 2.72 bits per heavy atom. The van der Waals surface area contributed by atoms with Gasteiger partial charge < -0.3 is 14.8 Å². The summed E-state index contributed by atoms with van der Waals surface area (Å²) >= 11 is 0. The molecule has 3 aromatic heterocycles. The van der Waals surface area contributed by atoms with E-state index >= 15 is 0 Å². The van der Waals surface area contributed by atoms with Gasteiger partial charge in [-0.05, 0) is 29.3 Å². The van der Waals surface area contributed by atoms with E-state index in [1.807, 2.05) is 39.1 Å². The van der Waals surface area contributed by atoms with E-state index in [-0.39, 0.29) is 17.7 Å². The number of halogens is 1. The number of pyridine rings is 1. The maximum atomic E-state index is 14.6. The van der Waals surface area contributed by atoms with Gasteiger partial charge >= 0.3 is 0 Å². The number of hydrogen-bond acceptors (Lipinski definition) is 4. The van der Waals surface area contributed by atoms with E-state index in [2.05, 4.69) is 20.4 Å². The first kappa shape index (κ1) is 18.9. The van der Waals surface area contributed by atoms with E-state index in [0.29, 0.717) is 22.7 Å². The number of nitrogens with zero attached hydrogens (tertiary/aromatic N) is 2. The monoisotopic (exact) mass is 392 g/mol. The Balaban J connectivity index is 1.47. The third-order valence-corrected chi connectivity index (χ3v) is 4.65. The average Bonchev–Trinajstić information content (AvgIpc) is 3.31. The van der Waals surface area contributed by atoms with Crippen LogP contribution in [-0.4, -0.2) is 21.0 Å². The van der Waals surface area contributed by atoms with E-state index in [9.17, 15) is 9.18 Å². The number of rotatable bonds is 4. The molecular weight excluding hydrogens is 371 g/mol. The van der Waals surface area contributed by atoms with E-state index in [0.717, 1.165) is 16.6 Å². The van der Waals surface area contributed by atoms with Crippen LogP contribution in [0.2, 0.25) is 0 Å². The summed E-state index contributed by atoms with van der Waals surface area (Å²) in [5.41, 5.74) is 2.39. The smallest absolute Gasteiger partial charge is 0.230 e. The Morgan fingerprint density at radius 2 is 2.00 bits per heavy atom. The second-order valence-electron chi connectivity index (χ2n) is 8.00. The molecule has 0 radical (unpaired) electrons. The van der Waals surface area contributed by atoms with Gasteiger partial charge in [0.25, 0.3) is 0 Å². The van der Waals surface area contributed by atoms with E-state index < -0.39 is 5.82 Å². The minimum absolute atomic E-state index is 0.0983. The maximum absolute atomic E-state index is 14.6. The van der Waals surface area contributed by atoms with Crippen molar-refractivity contribution < 1.29 is 13.7 Å². The van der Waals surface area contributed by atoms with Gasteiger partial charge in [-0.25, -0.2) is 9.37 Å². The summed E-state index contributed by atoms with van der Waals surface area (Å²) in [5.74, 6) is 0.183. The van der Waals surface area contributed by atoms with Crippen molar-refractivity contribution in [3.8, 4) is 11.1 Å². The van der Waals surface area contributed by atoms with Gasteiger partial charge in [-0.15, -0.1) is 0 Å². The fourth-order valence-corrected chi connectivity index (χ4v) is 3.02. The van der Waals surface area contributed by atoms with Gasteiger partial charge in [-0.3, -0.25) is 4.79 Å². The molecular formula is C22H21FN4O2. The van der Waals surface area contributed by atoms with Crippen LogP contribution in [0.15, 0.2) is 53.3 Å². The number of hydrogen-bond donors (Lipinski definition) is 2. The highest BCUT2D eigenvalue weighted by atomic mass is 19.1. The van der Waals surface area contributed by atoms with Gasteiger partial charge in [-0.1, -0.05) is 38.1 Å². The highest BCUT2D eigenvalue weighted by Crippen LogP contribution is 2.26. The topological polar surface area (TPSA) is 83.8 Å². The lowest BCUT2D eigenvalue weighted by molar-refractivity contribution is -0.115. The number of benzene rings is 1. The summed E-state index contributed by atoms with van der Waals surface area (Å²) in [4.78, 5) is 19.6. The zero-order chi connectivity index (χ0) is 20.6. The van der Waals surface area contributed by atoms with Crippen molar-refractivity contribution in [2.24, 2.45) is 0 Å². The fraction of sp³-hybridized carbons (Fsp3) is 0.227. The number of H-pyrrole nitrogens is 1. The summed E-state index contributed by atoms with van der Waals surface area (Å²) in [5, 5.41) is 7.45. The number of amides is 1. The largest absolute Gasteiger partial charge is 0.359 e. The van der Waals surface area contributed by atoms with Crippen LogP contribution in [0.5, 0.6) is 0 Å². The Morgan fingerprint density at radius 1 is 1.17 bits per heavy atom. The molecule has 2 N–H and O–H groups in total. The van der Waals surface area contributed by atoms with E-state index in [1.165, 1.54) is 6.07 Å². The average molecular weight is 392 g/mol. The molecule has 1 aromatic carbocycles. The molecule has 0 atom stereocenters. The molecule has 29 heavy (non-hydrogen) atoms. The van der Waals surface area contributed by atoms with Gasteiger partial charge in [0, 0.05) is 34.8 Å². The number of nitrogens with one attached hydrogen (secondary N) is 2. The fourth-order valence-electron chi connectivity index (χ4n) is 3.02. The van der Waals surface area contributed by atoms with Crippen LogP contribution in [0.3, 0.4) is 0 Å². The lowest BCUT2D eigenvalue weighted by atomic mass is 9.93. The number of carbonyl (C=O) groups excluding carboxylic acids is 1. The molecule has 3 heterocycles. The molecule has 0 aliphatic rings. The van der Waals surface area contributed by atoms with Gasteiger partial charge in [0.1, 0.15) is 17.2 Å². The molecule has 0 spiro atoms. The molecule has 148 valence electrons. The summed E-state index contributed by atoms with van der Waals surface area (Å²) in [7, 11) is 0. The molecule has 6 nitrogen and oxygen atoms in total. The summed E-state index contributed by atoms with van der Waals surface area (Å²) < 4.78 is 19.9. The van der Waals surface area contributed by atoms with Crippen LogP contribution in [0.25, 0.3) is 22.2 Å². The van der Waals surface area contributed by atoms with Gasteiger partial charge in [0.2, 0.25) is 5.91 Å². The quantitative estimate of drug-likeness (QED) is 0.521. The van der Waals surface area contributed by atoms with Crippen LogP contribution < -0.4 is 5.32 Å². The molecule has 0 saturated carbocycles. The zero-order valence-corrected chi connectivity index (χ0v) is 16.4. The molecule has 0 fully saturated rings. The number of anilines is 1. The highest BCUT2D eigenvalue weighted by Gasteiger charge is 2.20. The molecule has 1 amide bonds. The predicted molar refractivity (Wildman–Crippen MR) is 109 cm³/mol. The SMILES string of the molecule is CC(C)(C)c1cc(NC(=O)Cc2ccc(-c3cnc4[nH]ccc4c3)cc2F)no1. The predicted octanol–water partition coefficient (Wildman–Crippen LogP) is 4.84. The van der Waals surface area contributed by atoms with Crippen LogP contribution in [0.4, 0.5) is 10.2 Å². The molecule has 4 rings (SSSR count). The van der Waals surface area contributed by atoms with Crippen molar-refractivity contribution in [3.05, 3.63) is 65.9 Å². The second kappa shape index (κ2) is 7.16. The third-order valence-electron chi connectivity index (χ3n) is 4.65. The number of aromatic nitrogens is 3. The normalized spacial score (nSPS) is 11.7. The molecule has 7 heteroatoms. The minimum atomic E-state index is -0.442. The first-order chi connectivity index (χ1) is 13.8. The van der Waals surface area contributed by atoms with Crippen LogP contribution in [0.1, 0.15) is 32.1 Å².